The molecule has 1 N–H and O–H groups in total. The summed E-state index contributed by atoms with van der Waals surface area (Å²) in [5.74, 6) is 0.463. The van der Waals surface area contributed by atoms with E-state index in [2.05, 4.69) is 28.2 Å². The number of anilines is 1. The lowest BCUT2D eigenvalue weighted by Gasteiger charge is -2.30. The smallest absolute Gasteiger partial charge is 0.266 e. The Kier molecular flexibility index (Phi) is 5.62. The molecule has 0 radical (unpaired) electrons. The molecule has 0 aromatic heterocycles. The van der Waals surface area contributed by atoms with E-state index in [4.69, 9.17) is 0 Å². The lowest BCUT2D eigenvalue weighted by molar-refractivity contribution is -0.128. The van der Waals surface area contributed by atoms with Gasteiger partial charge >= 0.3 is 0 Å². The van der Waals surface area contributed by atoms with Crippen molar-refractivity contribution in [2.24, 2.45) is 5.92 Å². The summed E-state index contributed by atoms with van der Waals surface area (Å²) < 4.78 is 0.903. The van der Waals surface area contributed by atoms with Gasteiger partial charge in [0.25, 0.3) is 5.91 Å². The third-order valence-corrected chi connectivity index (χ3v) is 4.57. The molecule has 5 heteroatoms. The van der Waals surface area contributed by atoms with E-state index in [0.717, 1.165) is 41.7 Å². The van der Waals surface area contributed by atoms with Crippen molar-refractivity contribution in [1.82, 2.24) is 4.90 Å². The average molecular weight is 362 g/mol. The van der Waals surface area contributed by atoms with Crippen LogP contribution in [0.15, 0.2) is 34.4 Å². The van der Waals surface area contributed by atoms with Gasteiger partial charge in [-0.1, -0.05) is 13.0 Å². The van der Waals surface area contributed by atoms with E-state index in [1.54, 1.807) is 4.90 Å². The fourth-order valence-corrected chi connectivity index (χ4v) is 3.02. The minimum Gasteiger partial charge on any atom is -0.359 e. The number of hydrogen-bond acceptors (Lipinski definition) is 3. The molecule has 1 fully saturated rings. The van der Waals surface area contributed by atoms with Crippen LogP contribution in [0.3, 0.4) is 0 Å². The zero-order valence-electron chi connectivity index (χ0n) is 12.9. The van der Waals surface area contributed by atoms with Crippen LogP contribution in [-0.4, -0.2) is 23.9 Å². The van der Waals surface area contributed by atoms with Crippen LogP contribution in [0, 0.1) is 24.2 Å². The first-order chi connectivity index (χ1) is 10.5. The third-order valence-electron chi connectivity index (χ3n) is 3.92. The first kappa shape index (κ1) is 16.6. The van der Waals surface area contributed by atoms with E-state index in [1.807, 2.05) is 31.2 Å². The number of nitriles is 1. The van der Waals surface area contributed by atoms with Gasteiger partial charge in [-0.15, -0.1) is 0 Å². The fraction of sp³-hybridized carbons (Fsp3) is 0.412. The molecule has 0 saturated carbocycles. The Morgan fingerprint density at radius 1 is 1.45 bits per heavy atom. The second-order valence-corrected chi connectivity index (χ2v) is 6.63. The van der Waals surface area contributed by atoms with Crippen molar-refractivity contribution in [2.75, 3.05) is 18.4 Å². The van der Waals surface area contributed by atoms with Crippen molar-refractivity contribution >= 4 is 27.5 Å². The second-order valence-electron chi connectivity index (χ2n) is 5.77. The number of amides is 1. The molecule has 0 bridgehead atoms. The number of piperidine rings is 1. The average Bonchev–Trinajstić information content (AvgIpc) is 2.50. The Morgan fingerprint density at radius 3 is 2.73 bits per heavy atom. The molecule has 1 heterocycles. The van der Waals surface area contributed by atoms with E-state index >= 15 is 0 Å². The summed E-state index contributed by atoms with van der Waals surface area (Å²) in [7, 11) is 0. The second kappa shape index (κ2) is 7.46. The Labute approximate surface area is 139 Å². The standard InChI is InChI=1S/C17H20BrN3O/c1-12-5-7-21(8-6-12)17(22)14(10-19)11-20-16-4-3-13(2)9-15(16)18/h3-4,9,11-12,20H,5-8H2,1-2H3/b14-11-. The molecule has 0 aliphatic carbocycles. The lowest BCUT2D eigenvalue weighted by Crippen LogP contribution is -2.38. The van der Waals surface area contributed by atoms with Gasteiger partial charge in [0.2, 0.25) is 0 Å². The van der Waals surface area contributed by atoms with Gasteiger partial charge in [0.1, 0.15) is 11.6 Å². The van der Waals surface area contributed by atoms with Crippen LogP contribution in [0.25, 0.3) is 0 Å². The van der Waals surface area contributed by atoms with Gasteiger partial charge in [-0.05, 0) is 59.3 Å². The molecule has 116 valence electrons. The van der Waals surface area contributed by atoms with Crippen LogP contribution in [-0.2, 0) is 4.79 Å². The quantitative estimate of drug-likeness (QED) is 0.657. The zero-order valence-corrected chi connectivity index (χ0v) is 14.5. The van der Waals surface area contributed by atoms with Crippen molar-refractivity contribution in [3.05, 3.63) is 40.0 Å². The Balaban J connectivity index is 2.07. The first-order valence-electron chi connectivity index (χ1n) is 7.43. The van der Waals surface area contributed by atoms with Crippen LogP contribution < -0.4 is 5.32 Å². The lowest BCUT2D eigenvalue weighted by atomic mass is 9.99. The number of hydrogen-bond donors (Lipinski definition) is 1. The topological polar surface area (TPSA) is 56.1 Å². The van der Waals surface area contributed by atoms with E-state index in [9.17, 15) is 10.1 Å². The molecule has 1 aromatic carbocycles. The van der Waals surface area contributed by atoms with E-state index in [1.165, 1.54) is 6.20 Å². The predicted octanol–water partition coefficient (Wildman–Crippen LogP) is 3.84. The number of halogens is 1. The molecule has 2 rings (SSSR count). The third kappa shape index (κ3) is 4.11. The number of nitrogens with one attached hydrogen (secondary N) is 1. The summed E-state index contributed by atoms with van der Waals surface area (Å²) in [6.45, 7) is 5.66. The number of nitrogens with zero attached hydrogens (tertiary/aromatic N) is 2. The number of rotatable bonds is 3. The number of carbonyl (C=O) groups excluding carboxylic acids is 1. The van der Waals surface area contributed by atoms with E-state index < -0.39 is 0 Å². The van der Waals surface area contributed by atoms with Crippen LogP contribution in [0.2, 0.25) is 0 Å². The summed E-state index contributed by atoms with van der Waals surface area (Å²) in [6, 6.07) is 7.87. The van der Waals surface area contributed by atoms with E-state index in [0.29, 0.717) is 5.92 Å². The van der Waals surface area contributed by atoms with Crippen molar-refractivity contribution in [3.63, 3.8) is 0 Å². The van der Waals surface area contributed by atoms with Gasteiger partial charge in [0.05, 0.1) is 5.69 Å². The monoisotopic (exact) mass is 361 g/mol. The maximum atomic E-state index is 12.4. The number of likely N-dealkylation sites (tertiary alicyclic amines) is 1. The maximum absolute atomic E-state index is 12.4. The highest BCUT2D eigenvalue weighted by Gasteiger charge is 2.22. The highest BCUT2D eigenvalue weighted by atomic mass is 79.9. The molecule has 1 saturated heterocycles. The Bertz CT molecular complexity index is 625. The summed E-state index contributed by atoms with van der Waals surface area (Å²) >= 11 is 3.47. The molecule has 22 heavy (non-hydrogen) atoms. The molecular weight excluding hydrogens is 342 g/mol. The molecule has 4 nitrogen and oxygen atoms in total. The highest BCUT2D eigenvalue weighted by molar-refractivity contribution is 9.10. The SMILES string of the molecule is Cc1ccc(N/C=C(/C#N)C(=O)N2CCC(C)CC2)c(Br)c1. The molecule has 1 aliphatic heterocycles. The predicted molar refractivity (Wildman–Crippen MR) is 91.2 cm³/mol. The van der Waals surface area contributed by atoms with Gasteiger partial charge in [0, 0.05) is 23.8 Å². The minimum atomic E-state index is -0.190. The van der Waals surface area contributed by atoms with Crippen LogP contribution in [0.5, 0.6) is 0 Å². The summed E-state index contributed by atoms with van der Waals surface area (Å²) in [6.07, 6.45) is 3.50. The molecule has 1 aromatic rings. The number of carbonyl (C=O) groups is 1. The van der Waals surface area contributed by atoms with Crippen molar-refractivity contribution < 1.29 is 4.79 Å². The van der Waals surface area contributed by atoms with Crippen LogP contribution in [0.4, 0.5) is 5.69 Å². The van der Waals surface area contributed by atoms with Crippen LogP contribution >= 0.6 is 15.9 Å². The molecule has 1 amide bonds. The molecule has 0 unspecified atom stereocenters. The summed E-state index contributed by atoms with van der Waals surface area (Å²) in [5, 5.41) is 12.3. The summed E-state index contributed by atoms with van der Waals surface area (Å²) in [5.41, 5.74) is 2.11. The Morgan fingerprint density at radius 2 is 2.14 bits per heavy atom. The Hall–Kier alpha value is -1.80. The van der Waals surface area contributed by atoms with Gasteiger partial charge in [-0.3, -0.25) is 4.79 Å². The molecular formula is C17H20BrN3O. The number of benzene rings is 1. The molecule has 1 aliphatic rings. The normalized spacial score (nSPS) is 16.3. The maximum Gasteiger partial charge on any atom is 0.266 e. The zero-order chi connectivity index (χ0) is 16.1. The van der Waals surface area contributed by atoms with E-state index in [-0.39, 0.29) is 11.5 Å². The fourth-order valence-electron chi connectivity index (χ4n) is 2.41. The highest BCUT2D eigenvalue weighted by Crippen LogP contribution is 2.24. The molecule has 0 atom stereocenters. The molecule has 0 spiro atoms. The van der Waals surface area contributed by atoms with Gasteiger partial charge < -0.3 is 10.2 Å². The minimum absolute atomic E-state index is 0.141. The first-order valence-corrected chi connectivity index (χ1v) is 8.23. The number of aryl methyl sites for hydroxylation is 1. The van der Waals surface area contributed by atoms with Crippen LogP contribution in [0.1, 0.15) is 25.3 Å². The van der Waals surface area contributed by atoms with Crippen molar-refractivity contribution in [3.8, 4) is 6.07 Å². The van der Waals surface area contributed by atoms with Crippen molar-refractivity contribution in [1.29, 1.82) is 5.26 Å². The van der Waals surface area contributed by atoms with Gasteiger partial charge in [0.15, 0.2) is 0 Å². The van der Waals surface area contributed by atoms with Crippen molar-refractivity contribution in [2.45, 2.75) is 26.7 Å². The largest absolute Gasteiger partial charge is 0.359 e. The van der Waals surface area contributed by atoms with Gasteiger partial charge in [-0.2, -0.15) is 5.26 Å². The van der Waals surface area contributed by atoms with Gasteiger partial charge in [-0.25, -0.2) is 0 Å². The summed E-state index contributed by atoms with van der Waals surface area (Å²) in [4.78, 5) is 14.1.